The normalized spacial score (nSPS) is 10.0. The van der Waals surface area contributed by atoms with Crippen LogP contribution in [-0.2, 0) is 0 Å². The van der Waals surface area contributed by atoms with Gasteiger partial charge in [-0.25, -0.2) is 0 Å². The first-order chi connectivity index (χ1) is 7.69. The molecule has 1 aromatic heterocycles. The molecule has 0 bridgehead atoms. The van der Waals surface area contributed by atoms with Crippen LogP contribution in [0.2, 0.25) is 0 Å². The Labute approximate surface area is 92.9 Å². The molecule has 0 saturated heterocycles. The van der Waals surface area contributed by atoms with Crippen molar-refractivity contribution < 1.29 is 0 Å². The predicted molar refractivity (Wildman–Crippen MR) is 64.2 cm³/mol. The van der Waals surface area contributed by atoms with Crippen molar-refractivity contribution >= 4 is 18.0 Å². The maximum atomic E-state index is 5.49. The standard InChI is InChI=1S/C11H11N5/c1-2-7-3-5-8(6-4-7)9-14-10(12)16-11(13)15-9/h2-6H,1H2,(H4,12,13,14,15,16). The lowest BCUT2D eigenvalue weighted by atomic mass is 10.1. The third-order valence-electron chi connectivity index (χ3n) is 2.07. The van der Waals surface area contributed by atoms with E-state index in [1.807, 2.05) is 24.3 Å². The first kappa shape index (κ1) is 10.1. The van der Waals surface area contributed by atoms with Crippen molar-refractivity contribution in [3.8, 4) is 11.4 Å². The summed E-state index contributed by atoms with van der Waals surface area (Å²) in [4.78, 5) is 11.7. The number of anilines is 2. The van der Waals surface area contributed by atoms with E-state index < -0.39 is 0 Å². The van der Waals surface area contributed by atoms with Crippen molar-refractivity contribution in [1.82, 2.24) is 15.0 Å². The van der Waals surface area contributed by atoms with Crippen molar-refractivity contribution in [3.63, 3.8) is 0 Å². The Morgan fingerprint density at radius 2 is 1.50 bits per heavy atom. The molecule has 1 heterocycles. The van der Waals surface area contributed by atoms with Gasteiger partial charge in [0.15, 0.2) is 5.82 Å². The second-order valence-electron chi connectivity index (χ2n) is 3.20. The number of nitrogen functional groups attached to an aromatic ring is 2. The van der Waals surface area contributed by atoms with E-state index in [9.17, 15) is 0 Å². The average Bonchev–Trinajstić information content (AvgIpc) is 2.28. The zero-order valence-corrected chi connectivity index (χ0v) is 8.59. The summed E-state index contributed by atoms with van der Waals surface area (Å²) in [6.07, 6.45) is 1.76. The van der Waals surface area contributed by atoms with Gasteiger partial charge in [-0.1, -0.05) is 36.9 Å². The smallest absolute Gasteiger partial charge is 0.225 e. The van der Waals surface area contributed by atoms with Crippen molar-refractivity contribution in [3.05, 3.63) is 36.4 Å². The Morgan fingerprint density at radius 1 is 0.938 bits per heavy atom. The van der Waals surface area contributed by atoms with Gasteiger partial charge in [-0.15, -0.1) is 0 Å². The zero-order chi connectivity index (χ0) is 11.5. The highest BCUT2D eigenvalue weighted by Crippen LogP contribution is 2.17. The molecule has 4 N–H and O–H groups in total. The number of nitrogens with zero attached hydrogens (tertiary/aromatic N) is 3. The molecule has 1 aromatic carbocycles. The molecule has 5 nitrogen and oxygen atoms in total. The second kappa shape index (κ2) is 3.98. The summed E-state index contributed by atoms with van der Waals surface area (Å²) < 4.78 is 0. The van der Waals surface area contributed by atoms with Gasteiger partial charge < -0.3 is 11.5 Å². The van der Waals surface area contributed by atoms with Crippen LogP contribution in [0.4, 0.5) is 11.9 Å². The highest BCUT2D eigenvalue weighted by molar-refractivity contribution is 5.60. The van der Waals surface area contributed by atoms with Crippen LogP contribution >= 0.6 is 0 Å². The van der Waals surface area contributed by atoms with Gasteiger partial charge in [-0.3, -0.25) is 0 Å². The van der Waals surface area contributed by atoms with Crippen molar-refractivity contribution in [2.75, 3.05) is 11.5 Å². The van der Waals surface area contributed by atoms with E-state index >= 15 is 0 Å². The summed E-state index contributed by atoms with van der Waals surface area (Å²) in [7, 11) is 0. The summed E-state index contributed by atoms with van der Waals surface area (Å²) in [5.74, 6) is 0.714. The second-order valence-corrected chi connectivity index (χ2v) is 3.20. The molecule has 5 heteroatoms. The van der Waals surface area contributed by atoms with E-state index in [0.717, 1.165) is 11.1 Å². The van der Waals surface area contributed by atoms with E-state index in [1.54, 1.807) is 6.08 Å². The Kier molecular flexibility index (Phi) is 2.51. The molecule has 0 unspecified atom stereocenters. The molecule has 0 radical (unpaired) electrons. The quantitative estimate of drug-likeness (QED) is 0.785. The molecule has 16 heavy (non-hydrogen) atoms. The van der Waals surface area contributed by atoms with Gasteiger partial charge in [0.2, 0.25) is 11.9 Å². The van der Waals surface area contributed by atoms with Crippen LogP contribution in [0.5, 0.6) is 0 Å². The highest BCUT2D eigenvalue weighted by atomic mass is 15.1. The van der Waals surface area contributed by atoms with Gasteiger partial charge in [-0.2, -0.15) is 15.0 Å². The molecule has 0 amide bonds. The number of rotatable bonds is 2. The fraction of sp³-hybridized carbons (Fsp3) is 0. The molecule has 0 atom stereocenters. The summed E-state index contributed by atoms with van der Waals surface area (Å²) in [6.45, 7) is 3.68. The maximum absolute atomic E-state index is 5.49. The van der Waals surface area contributed by atoms with E-state index in [1.165, 1.54) is 0 Å². The zero-order valence-electron chi connectivity index (χ0n) is 8.59. The van der Waals surface area contributed by atoms with E-state index in [0.29, 0.717) is 5.82 Å². The molecule has 0 saturated carbocycles. The Bertz CT molecular complexity index is 498. The molecule has 80 valence electrons. The molecule has 2 aromatic rings. The van der Waals surface area contributed by atoms with Crippen LogP contribution in [0.25, 0.3) is 17.5 Å². The number of aromatic nitrogens is 3. The minimum atomic E-state index is 0.121. The topological polar surface area (TPSA) is 90.7 Å². The first-order valence-electron chi connectivity index (χ1n) is 4.69. The third-order valence-corrected chi connectivity index (χ3v) is 2.07. The molecule has 0 spiro atoms. The van der Waals surface area contributed by atoms with Crippen LogP contribution < -0.4 is 11.5 Å². The largest absolute Gasteiger partial charge is 0.368 e. The number of nitrogens with two attached hydrogens (primary N) is 2. The van der Waals surface area contributed by atoms with Crippen LogP contribution in [0.15, 0.2) is 30.8 Å². The SMILES string of the molecule is C=Cc1ccc(-c2nc(N)nc(N)n2)cc1. The fourth-order valence-corrected chi connectivity index (χ4v) is 1.31. The van der Waals surface area contributed by atoms with E-state index in [2.05, 4.69) is 21.5 Å². The van der Waals surface area contributed by atoms with Gasteiger partial charge in [0.05, 0.1) is 0 Å². The Hall–Kier alpha value is -2.43. The van der Waals surface area contributed by atoms with Crippen LogP contribution in [0, 0.1) is 0 Å². The molecule has 0 aliphatic rings. The summed E-state index contributed by atoms with van der Waals surface area (Å²) in [5.41, 5.74) is 12.9. The van der Waals surface area contributed by atoms with Crippen LogP contribution in [0.3, 0.4) is 0 Å². The van der Waals surface area contributed by atoms with Crippen molar-refractivity contribution in [2.45, 2.75) is 0 Å². The average molecular weight is 213 g/mol. The van der Waals surface area contributed by atoms with Gasteiger partial charge in [0, 0.05) is 5.56 Å². The van der Waals surface area contributed by atoms with Crippen LogP contribution in [0.1, 0.15) is 5.56 Å². The molecular weight excluding hydrogens is 202 g/mol. The molecule has 2 rings (SSSR count). The van der Waals surface area contributed by atoms with E-state index in [4.69, 9.17) is 11.5 Å². The minimum absolute atomic E-state index is 0.121. The number of hydrogen-bond donors (Lipinski definition) is 2. The summed E-state index contributed by atoms with van der Waals surface area (Å²) in [5, 5.41) is 0. The minimum Gasteiger partial charge on any atom is -0.368 e. The highest BCUT2D eigenvalue weighted by Gasteiger charge is 2.04. The lowest BCUT2D eigenvalue weighted by Crippen LogP contribution is -2.04. The molecule has 0 fully saturated rings. The number of benzene rings is 1. The van der Waals surface area contributed by atoms with Gasteiger partial charge in [0.1, 0.15) is 0 Å². The molecular formula is C11H11N5. The maximum Gasteiger partial charge on any atom is 0.225 e. The Balaban J connectivity index is 2.45. The first-order valence-corrected chi connectivity index (χ1v) is 4.69. The molecule has 0 aliphatic heterocycles. The third kappa shape index (κ3) is 1.98. The summed E-state index contributed by atoms with van der Waals surface area (Å²) >= 11 is 0. The van der Waals surface area contributed by atoms with Crippen molar-refractivity contribution in [2.24, 2.45) is 0 Å². The number of hydrogen-bond acceptors (Lipinski definition) is 5. The fourth-order valence-electron chi connectivity index (χ4n) is 1.31. The van der Waals surface area contributed by atoms with Gasteiger partial charge in [-0.05, 0) is 5.56 Å². The monoisotopic (exact) mass is 213 g/mol. The van der Waals surface area contributed by atoms with Crippen molar-refractivity contribution in [1.29, 1.82) is 0 Å². The molecule has 0 aliphatic carbocycles. The lowest BCUT2D eigenvalue weighted by molar-refractivity contribution is 1.09. The predicted octanol–water partition coefficient (Wildman–Crippen LogP) is 1.35. The Morgan fingerprint density at radius 3 is 2.00 bits per heavy atom. The van der Waals surface area contributed by atoms with Gasteiger partial charge >= 0.3 is 0 Å². The van der Waals surface area contributed by atoms with Crippen LogP contribution in [-0.4, -0.2) is 15.0 Å². The van der Waals surface area contributed by atoms with Gasteiger partial charge in [0.25, 0.3) is 0 Å². The van der Waals surface area contributed by atoms with E-state index in [-0.39, 0.29) is 11.9 Å². The lowest BCUT2D eigenvalue weighted by Gasteiger charge is -2.02. The summed E-state index contributed by atoms with van der Waals surface area (Å²) in [6, 6.07) is 7.59.